The molecule has 0 aliphatic heterocycles. The van der Waals surface area contributed by atoms with Crippen LogP contribution in [0.3, 0.4) is 0 Å². The molecule has 0 saturated carbocycles. The minimum absolute atomic E-state index is 0.118. The van der Waals surface area contributed by atoms with Crippen molar-refractivity contribution in [1.82, 2.24) is 4.98 Å². The molecule has 4 rings (SSSR count). The van der Waals surface area contributed by atoms with Gasteiger partial charge in [0.15, 0.2) is 0 Å². The lowest BCUT2D eigenvalue weighted by molar-refractivity contribution is 0.265. The van der Waals surface area contributed by atoms with E-state index in [1.54, 1.807) is 7.11 Å². The minimum atomic E-state index is -0.291. The van der Waals surface area contributed by atoms with Crippen molar-refractivity contribution in [2.24, 2.45) is 0 Å². The molecule has 0 aliphatic carbocycles. The highest BCUT2D eigenvalue weighted by atomic mass is 32.1. The van der Waals surface area contributed by atoms with Crippen molar-refractivity contribution in [3.05, 3.63) is 82.0 Å². The number of rotatable bonds is 13. The maximum Gasteiger partial charge on any atom is 0.307 e. The fourth-order valence-electron chi connectivity index (χ4n) is 3.82. The van der Waals surface area contributed by atoms with Gasteiger partial charge in [-0.15, -0.1) is 0 Å². The Bertz CT molecular complexity index is 1350. The van der Waals surface area contributed by atoms with Crippen LogP contribution in [-0.2, 0) is 6.42 Å². The number of methoxy groups -OCH3 is 1. The third-order valence-corrected chi connectivity index (χ3v) is 6.56. The summed E-state index contributed by atoms with van der Waals surface area (Å²) in [7, 11) is 1.64. The first kappa shape index (κ1) is 26.2. The van der Waals surface area contributed by atoms with Gasteiger partial charge in [0.2, 0.25) is 5.88 Å². The molecule has 0 saturated heterocycles. The third-order valence-electron chi connectivity index (χ3n) is 5.64. The van der Waals surface area contributed by atoms with E-state index >= 15 is 0 Å². The Kier molecular flexibility index (Phi) is 9.10. The van der Waals surface area contributed by atoms with E-state index in [0.29, 0.717) is 23.8 Å². The number of aromatic nitrogens is 1. The van der Waals surface area contributed by atoms with Gasteiger partial charge < -0.3 is 24.1 Å². The number of hydrogen-bond acceptors (Lipinski definition) is 7. The lowest BCUT2D eigenvalue weighted by Crippen LogP contribution is -2.04. The summed E-state index contributed by atoms with van der Waals surface area (Å²) in [5.41, 5.74) is 1.86. The van der Waals surface area contributed by atoms with Crippen molar-refractivity contribution in [3.63, 3.8) is 0 Å². The molecule has 7 nitrogen and oxygen atoms in total. The van der Waals surface area contributed by atoms with Gasteiger partial charge in [-0.1, -0.05) is 36.8 Å². The number of H-pyrrole nitrogens is 1. The number of unbranched alkanes of at least 4 members (excludes halogenated alkanes) is 1. The summed E-state index contributed by atoms with van der Waals surface area (Å²) in [5, 5.41) is 9.88. The molecule has 4 aromatic rings. The SMILES string of the molecule is CCCc1cc(Oc2ccc(OC)cc2)ccc1OCCCCOc1cccc(-c2sc(=O)[nH]c2O)c1. The predicted molar refractivity (Wildman–Crippen MR) is 146 cm³/mol. The van der Waals surface area contributed by atoms with Gasteiger partial charge in [-0.25, -0.2) is 0 Å². The molecule has 0 spiro atoms. The topological polar surface area (TPSA) is 90.0 Å². The molecule has 2 N–H and O–H groups in total. The van der Waals surface area contributed by atoms with Crippen molar-refractivity contribution in [2.45, 2.75) is 32.6 Å². The Hall–Kier alpha value is -3.91. The monoisotopic (exact) mass is 521 g/mol. The van der Waals surface area contributed by atoms with E-state index in [2.05, 4.69) is 11.9 Å². The van der Waals surface area contributed by atoms with Crippen LogP contribution in [0.4, 0.5) is 0 Å². The summed E-state index contributed by atoms with van der Waals surface area (Å²) < 4.78 is 23.2. The Morgan fingerprint density at radius 3 is 2.30 bits per heavy atom. The summed E-state index contributed by atoms with van der Waals surface area (Å²) in [6, 6.07) is 20.8. The Balaban J connectivity index is 1.25. The molecule has 8 heteroatoms. The Morgan fingerprint density at radius 1 is 0.865 bits per heavy atom. The number of ether oxygens (including phenoxy) is 4. The zero-order valence-electron chi connectivity index (χ0n) is 21.0. The van der Waals surface area contributed by atoms with Gasteiger partial charge in [0.25, 0.3) is 0 Å². The quantitative estimate of drug-likeness (QED) is 0.188. The number of hydrogen-bond donors (Lipinski definition) is 2. The van der Waals surface area contributed by atoms with Gasteiger partial charge >= 0.3 is 4.87 Å². The Morgan fingerprint density at radius 2 is 1.59 bits per heavy atom. The highest BCUT2D eigenvalue weighted by molar-refractivity contribution is 7.13. The maximum absolute atomic E-state index is 11.5. The van der Waals surface area contributed by atoms with Crippen LogP contribution < -0.4 is 23.8 Å². The molecule has 0 aliphatic rings. The molecule has 0 amide bonds. The second kappa shape index (κ2) is 12.9. The van der Waals surface area contributed by atoms with Crippen molar-refractivity contribution in [3.8, 4) is 45.1 Å². The van der Waals surface area contributed by atoms with Crippen LogP contribution in [0.15, 0.2) is 71.5 Å². The van der Waals surface area contributed by atoms with Crippen LogP contribution in [-0.4, -0.2) is 30.4 Å². The van der Waals surface area contributed by atoms with Crippen LogP contribution in [0.1, 0.15) is 31.7 Å². The largest absolute Gasteiger partial charge is 0.497 e. The Labute approximate surface area is 220 Å². The van der Waals surface area contributed by atoms with E-state index in [1.807, 2.05) is 66.7 Å². The van der Waals surface area contributed by atoms with E-state index in [-0.39, 0.29) is 10.8 Å². The molecular formula is C29H31NO6S. The van der Waals surface area contributed by atoms with E-state index in [0.717, 1.165) is 71.1 Å². The molecule has 3 aromatic carbocycles. The van der Waals surface area contributed by atoms with E-state index in [9.17, 15) is 9.90 Å². The second-order valence-electron chi connectivity index (χ2n) is 8.42. The van der Waals surface area contributed by atoms with Crippen molar-refractivity contribution in [2.75, 3.05) is 20.3 Å². The van der Waals surface area contributed by atoms with Gasteiger partial charge in [-0.3, -0.25) is 9.78 Å². The zero-order chi connectivity index (χ0) is 26.0. The number of nitrogens with one attached hydrogen (secondary N) is 1. The van der Waals surface area contributed by atoms with Crippen LogP contribution >= 0.6 is 11.3 Å². The van der Waals surface area contributed by atoms with Crippen molar-refractivity contribution >= 4 is 11.3 Å². The van der Waals surface area contributed by atoms with Crippen LogP contribution in [0.25, 0.3) is 10.4 Å². The number of aryl methyl sites for hydroxylation is 1. The molecule has 37 heavy (non-hydrogen) atoms. The van der Waals surface area contributed by atoms with Gasteiger partial charge in [0, 0.05) is 5.56 Å². The minimum Gasteiger partial charge on any atom is -0.497 e. The summed E-state index contributed by atoms with van der Waals surface area (Å²) in [6.45, 7) is 3.27. The van der Waals surface area contributed by atoms with Crippen LogP contribution in [0.2, 0.25) is 0 Å². The zero-order valence-corrected chi connectivity index (χ0v) is 21.8. The lowest BCUT2D eigenvalue weighted by atomic mass is 10.1. The van der Waals surface area contributed by atoms with Gasteiger partial charge in [0.05, 0.1) is 25.2 Å². The first-order chi connectivity index (χ1) is 18.1. The van der Waals surface area contributed by atoms with Gasteiger partial charge in [-0.05, 0) is 79.4 Å². The van der Waals surface area contributed by atoms with Crippen LogP contribution in [0.5, 0.6) is 34.6 Å². The molecule has 0 radical (unpaired) electrons. The third kappa shape index (κ3) is 7.30. The van der Waals surface area contributed by atoms with Gasteiger partial charge in [-0.2, -0.15) is 0 Å². The molecule has 0 unspecified atom stereocenters. The summed E-state index contributed by atoms with van der Waals surface area (Å²) in [5.74, 6) is 3.77. The van der Waals surface area contributed by atoms with Crippen LogP contribution in [0, 0.1) is 0 Å². The predicted octanol–water partition coefficient (Wildman–Crippen LogP) is 6.80. The standard InChI is InChI=1S/C29H31NO6S/c1-3-7-20-18-25(36-23-12-10-22(33-2)11-13-23)14-15-26(20)35-17-5-4-16-34-24-9-6-8-21(19-24)27-28(31)30-29(32)37-27/h6,8-15,18-19,31H,3-5,7,16-17H2,1-2H3,(H,30,32). The van der Waals surface area contributed by atoms with Crippen molar-refractivity contribution in [1.29, 1.82) is 0 Å². The molecular weight excluding hydrogens is 490 g/mol. The molecule has 194 valence electrons. The fraction of sp³-hybridized carbons (Fsp3) is 0.276. The van der Waals surface area contributed by atoms with E-state index in [1.165, 1.54) is 0 Å². The number of aromatic hydroxyl groups is 1. The summed E-state index contributed by atoms with van der Waals surface area (Å²) >= 11 is 0.970. The van der Waals surface area contributed by atoms with Crippen molar-refractivity contribution < 1.29 is 24.1 Å². The number of thiazole rings is 1. The highest BCUT2D eigenvalue weighted by Gasteiger charge is 2.10. The normalized spacial score (nSPS) is 10.8. The second-order valence-corrected chi connectivity index (χ2v) is 9.40. The average molecular weight is 522 g/mol. The molecule has 0 fully saturated rings. The fourth-order valence-corrected chi connectivity index (χ4v) is 4.55. The summed E-state index contributed by atoms with van der Waals surface area (Å²) in [4.78, 5) is 14.1. The molecule has 1 heterocycles. The van der Waals surface area contributed by atoms with E-state index in [4.69, 9.17) is 18.9 Å². The average Bonchev–Trinajstić information content (AvgIpc) is 3.25. The molecule has 1 aromatic heterocycles. The first-order valence-corrected chi connectivity index (χ1v) is 13.1. The highest BCUT2D eigenvalue weighted by Crippen LogP contribution is 2.32. The van der Waals surface area contributed by atoms with E-state index < -0.39 is 0 Å². The smallest absolute Gasteiger partial charge is 0.307 e. The first-order valence-electron chi connectivity index (χ1n) is 12.3. The summed E-state index contributed by atoms with van der Waals surface area (Å²) in [6.07, 6.45) is 3.58. The molecule has 0 bridgehead atoms. The maximum atomic E-state index is 11.5. The van der Waals surface area contributed by atoms with Gasteiger partial charge in [0.1, 0.15) is 28.7 Å². The molecule has 0 atom stereocenters. The number of aromatic amines is 1. The number of benzene rings is 3. The lowest BCUT2D eigenvalue weighted by Gasteiger charge is -2.14.